The third-order valence-electron chi connectivity index (χ3n) is 5.25. The lowest BCUT2D eigenvalue weighted by Gasteiger charge is -2.28. The van der Waals surface area contributed by atoms with Gasteiger partial charge in [0.05, 0.1) is 18.4 Å². The number of rotatable bonds is 4. The standard InChI is InChI=1S/C17H23N5O2/c23-17(24)15-8-14-11-21(6-7-22(14)20-15)10-13-9-18-19-16(13)12-4-2-1-3-5-12/h8-9,12H,1-7,10-11H2,(H,18,19)(H,23,24). The van der Waals surface area contributed by atoms with Gasteiger partial charge in [-0.15, -0.1) is 0 Å². The van der Waals surface area contributed by atoms with Crippen LogP contribution in [-0.2, 0) is 19.6 Å². The quantitative estimate of drug-likeness (QED) is 0.899. The summed E-state index contributed by atoms with van der Waals surface area (Å²) in [5.74, 6) is -0.344. The minimum absolute atomic E-state index is 0.137. The van der Waals surface area contributed by atoms with Crippen molar-refractivity contribution >= 4 is 5.97 Å². The van der Waals surface area contributed by atoms with Gasteiger partial charge in [0, 0.05) is 36.8 Å². The third kappa shape index (κ3) is 2.96. The molecule has 0 spiro atoms. The van der Waals surface area contributed by atoms with E-state index in [0.29, 0.717) is 5.92 Å². The van der Waals surface area contributed by atoms with E-state index in [1.54, 1.807) is 6.07 Å². The molecule has 0 radical (unpaired) electrons. The molecule has 1 aliphatic carbocycles. The summed E-state index contributed by atoms with van der Waals surface area (Å²) < 4.78 is 1.82. The lowest BCUT2D eigenvalue weighted by Crippen LogP contribution is -2.33. The van der Waals surface area contributed by atoms with Gasteiger partial charge in [-0.25, -0.2) is 4.79 Å². The van der Waals surface area contributed by atoms with E-state index in [4.69, 9.17) is 5.11 Å². The Hall–Kier alpha value is -2.15. The maximum atomic E-state index is 11.1. The number of aromatic nitrogens is 4. The van der Waals surface area contributed by atoms with Gasteiger partial charge >= 0.3 is 5.97 Å². The van der Waals surface area contributed by atoms with Gasteiger partial charge in [-0.1, -0.05) is 19.3 Å². The topological polar surface area (TPSA) is 87.0 Å². The number of H-pyrrole nitrogens is 1. The Morgan fingerprint density at radius 3 is 2.92 bits per heavy atom. The third-order valence-corrected chi connectivity index (χ3v) is 5.25. The zero-order chi connectivity index (χ0) is 16.5. The average molecular weight is 329 g/mol. The second kappa shape index (κ2) is 6.39. The molecule has 2 aliphatic rings. The van der Waals surface area contributed by atoms with Crippen LogP contribution in [-0.4, -0.2) is 42.5 Å². The molecule has 128 valence electrons. The molecule has 0 unspecified atom stereocenters. The number of carboxylic acids is 1. The Kier molecular flexibility index (Phi) is 4.10. The predicted octanol–water partition coefficient (Wildman–Crippen LogP) is 2.37. The highest BCUT2D eigenvalue weighted by molar-refractivity contribution is 5.85. The van der Waals surface area contributed by atoms with Crippen LogP contribution in [0.1, 0.15) is 65.5 Å². The number of aromatic amines is 1. The molecule has 1 aliphatic heterocycles. The maximum Gasteiger partial charge on any atom is 0.356 e. The van der Waals surface area contributed by atoms with Crippen molar-refractivity contribution in [3.05, 3.63) is 34.9 Å². The van der Waals surface area contributed by atoms with Crippen molar-refractivity contribution in [2.75, 3.05) is 6.54 Å². The van der Waals surface area contributed by atoms with Gasteiger partial charge in [0.1, 0.15) is 0 Å². The lowest BCUT2D eigenvalue weighted by molar-refractivity contribution is 0.0689. The van der Waals surface area contributed by atoms with Crippen LogP contribution < -0.4 is 0 Å². The lowest BCUT2D eigenvalue weighted by atomic mass is 9.85. The van der Waals surface area contributed by atoms with Crippen LogP contribution in [0.4, 0.5) is 0 Å². The fourth-order valence-corrected chi connectivity index (χ4v) is 3.99. The Morgan fingerprint density at radius 2 is 2.12 bits per heavy atom. The fourth-order valence-electron chi connectivity index (χ4n) is 3.99. The molecule has 0 bridgehead atoms. The summed E-state index contributed by atoms with van der Waals surface area (Å²) in [7, 11) is 0. The SMILES string of the molecule is O=C(O)c1cc2n(n1)CCN(Cc1cn[nH]c1C1CCCCC1)C2. The summed E-state index contributed by atoms with van der Waals surface area (Å²) in [5, 5.41) is 20.7. The number of fused-ring (bicyclic) bond motifs is 1. The van der Waals surface area contributed by atoms with Crippen LogP contribution in [0, 0.1) is 0 Å². The van der Waals surface area contributed by atoms with Crippen molar-refractivity contribution in [3.8, 4) is 0 Å². The van der Waals surface area contributed by atoms with Gasteiger partial charge in [0.2, 0.25) is 0 Å². The van der Waals surface area contributed by atoms with E-state index in [2.05, 4.69) is 20.2 Å². The van der Waals surface area contributed by atoms with Crippen molar-refractivity contribution in [2.45, 2.75) is 57.7 Å². The molecule has 2 N–H and O–H groups in total. The van der Waals surface area contributed by atoms with E-state index < -0.39 is 5.97 Å². The fraction of sp³-hybridized carbons (Fsp3) is 0.588. The summed E-state index contributed by atoms with van der Waals surface area (Å²) >= 11 is 0. The second-order valence-electron chi connectivity index (χ2n) is 6.90. The van der Waals surface area contributed by atoms with Crippen molar-refractivity contribution in [3.63, 3.8) is 0 Å². The first kappa shape index (κ1) is 15.4. The molecular weight excluding hydrogens is 306 g/mol. The van der Waals surface area contributed by atoms with Gasteiger partial charge < -0.3 is 5.11 Å². The molecule has 2 aromatic heterocycles. The van der Waals surface area contributed by atoms with Crippen LogP contribution in [0.3, 0.4) is 0 Å². The van der Waals surface area contributed by atoms with Crippen LogP contribution in [0.2, 0.25) is 0 Å². The van der Waals surface area contributed by atoms with E-state index in [0.717, 1.165) is 31.9 Å². The molecule has 3 heterocycles. The molecule has 7 heteroatoms. The molecule has 24 heavy (non-hydrogen) atoms. The molecule has 1 fully saturated rings. The maximum absolute atomic E-state index is 11.1. The number of nitrogens with zero attached hydrogens (tertiary/aromatic N) is 4. The predicted molar refractivity (Wildman–Crippen MR) is 87.7 cm³/mol. The van der Waals surface area contributed by atoms with Gasteiger partial charge in [0.25, 0.3) is 0 Å². The van der Waals surface area contributed by atoms with E-state index in [1.165, 1.54) is 43.4 Å². The number of aromatic carboxylic acids is 1. The second-order valence-corrected chi connectivity index (χ2v) is 6.90. The number of hydrogen-bond acceptors (Lipinski definition) is 4. The van der Waals surface area contributed by atoms with Gasteiger partial charge in [-0.05, 0) is 18.9 Å². The van der Waals surface area contributed by atoms with Gasteiger partial charge in [-0.2, -0.15) is 10.2 Å². The summed E-state index contributed by atoms with van der Waals surface area (Å²) in [6.07, 6.45) is 8.43. The normalized spacial score (nSPS) is 19.3. The van der Waals surface area contributed by atoms with Gasteiger partial charge in [-0.3, -0.25) is 14.7 Å². The molecule has 0 atom stereocenters. The van der Waals surface area contributed by atoms with E-state index in [9.17, 15) is 4.79 Å². The van der Waals surface area contributed by atoms with Crippen LogP contribution in [0.15, 0.2) is 12.3 Å². The highest BCUT2D eigenvalue weighted by Crippen LogP contribution is 2.33. The number of carbonyl (C=O) groups is 1. The Morgan fingerprint density at radius 1 is 1.29 bits per heavy atom. The highest BCUT2D eigenvalue weighted by Gasteiger charge is 2.24. The molecule has 7 nitrogen and oxygen atoms in total. The van der Waals surface area contributed by atoms with Crippen molar-refractivity contribution < 1.29 is 9.90 Å². The monoisotopic (exact) mass is 329 g/mol. The van der Waals surface area contributed by atoms with Crippen LogP contribution in [0.25, 0.3) is 0 Å². The Balaban J connectivity index is 1.46. The average Bonchev–Trinajstić information content (AvgIpc) is 3.22. The number of nitrogens with one attached hydrogen (secondary N) is 1. The molecule has 2 aromatic rings. The van der Waals surface area contributed by atoms with E-state index >= 15 is 0 Å². The first-order valence-corrected chi connectivity index (χ1v) is 8.75. The summed E-state index contributed by atoms with van der Waals surface area (Å²) in [5.41, 5.74) is 3.70. The number of carboxylic acid groups (broad SMARTS) is 1. The molecule has 0 saturated heterocycles. The largest absolute Gasteiger partial charge is 0.476 e. The minimum Gasteiger partial charge on any atom is -0.476 e. The highest BCUT2D eigenvalue weighted by atomic mass is 16.4. The zero-order valence-electron chi connectivity index (χ0n) is 13.7. The molecule has 0 amide bonds. The Labute approximate surface area is 140 Å². The smallest absolute Gasteiger partial charge is 0.356 e. The number of hydrogen-bond donors (Lipinski definition) is 2. The molecule has 0 aromatic carbocycles. The Bertz CT molecular complexity index is 729. The van der Waals surface area contributed by atoms with Crippen molar-refractivity contribution in [1.29, 1.82) is 0 Å². The van der Waals surface area contributed by atoms with Crippen LogP contribution in [0.5, 0.6) is 0 Å². The van der Waals surface area contributed by atoms with Gasteiger partial charge in [0.15, 0.2) is 5.69 Å². The first-order valence-electron chi connectivity index (χ1n) is 8.75. The summed E-state index contributed by atoms with van der Waals surface area (Å²) in [6, 6.07) is 1.69. The van der Waals surface area contributed by atoms with E-state index in [1.807, 2.05) is 10.9 Å². The molecule has 1 saturated carbocycles. The molecule has 4 rings (SSSR count). The summed E-state index contributed by atoms with van der Waals surface area (Å²) in [4.78, 5) is 13.4. The first-order chi connectivity index (χ1) is 11.7. The molecular formula is C17H23N5O2. The van der Waals surface area contributed by atoms with Crippen molar-refractivity contribution in [2.24, 2.45) is 0 Å². The van der Waals surface area contributed by atoms with Crippen molar-refractivity contribution in [1.82, 2.24) is 24.9 Å². The summed E-state index contributed by atoms with van der Waals surface area (Å²) in [6.45, 7) is 3.20. The van der Waals surface area contributed by atoms with E-state index in [-0.39, 0.29) is 5.69 Å². The zero-order valence-corrected chi connectivity index (χ0v) is 13.7. The van der Waals surface area contributed by atoms with Crippen LogP contribution >= 0.6 is 0 Å². The minimum atomic E-state index is -0.960.